The number of aromatic nitrogens is 2. The molecule has 0 saturated carbocycles. The summed E-state index contributed by atoms with van der Waals surface area (Å²) in [6, 6.07) is 16.3. The number of ether oxygens (including phenoxy) is 1. The molecule has 1 aliphatic heterocycles. The molecule has 1 fully saturated rings. The molecule has 1 saturated heterocycles. The second-order valence-electron chi connectivity index (χ2n) is 9.19. The zero-order valence-electron chi connectivity index (χ0n) is 22.9. The van der Waals surface area contributed by atoms with Crippen molar-refractivity contribution in [2.45, 2.75) is 73.0 Å². The SMILES string of the molecule is C=C(N)c1ccc(-c2ccc(-c3cnc(C4CCCN4C(=O)OC(C)(C)C)[nH]3)cc2)cc1.CC.CC. The van der Waals surface area contributed by atoms with Gasteiger partial charge < -0.3 is 15.5 Å². The molecule has 0 bridgehead atoms. The van der Waals surface area contributed by atoms with E-state index in [4.69, 9.17) is 10.5 Å². The van der Waals surface area contributed by atoms with Crippen molar-refractivity contribution < 1.29 is 9.53 Å². The highest BCUT2D eigenvalue weighted by Gasteiger charge is 2.34. The smallest absolute Gasteiger partial charge is 0.410 e. The fraction of sp³-hybridized carbons (Fsp3) is 0.400. The first-order valence-electron chi connectivity index (χ1n) is 12.9. The van der Waals surface area contributed by atoms with Crippen LogP contribution in [0.5, 0.6) is 0 Å². The Morgan fingerprint density at radius 3 is 2.06 bits per heavy atom. The minimum absolute atomic E-state index is 0.0892. The number of rotatable bonds is 4. The molecule has 0 radical (unpaired) electrons. The van der Waals surface area contributed by atoms with Crippen molar-refractivity contribution >= 4 is 11.8 Å². The van der Waals surface area contributed by atoms with Gasteiger partial charge in [-0.3, -0.25) is 4.90 Å². The van der Waals surface area contributed by atoms with E-state index < -0.39 is 5.60 Å². The molecular weight excluding hydrogens is 448 g/mol. The number of likely N-dealkylation sites (tertiary alicyclic amines) is 1. The number of amides is 1. The Morgan fingerprint density at radius 1 is 1.00 bits per heavy atom. The van der Waals surface area contributed by atoms with Crippen LogP contribution in [0.1, 0.15) is 78.7 Å². The molecule has 1 unspecified atom stereocenters. The zero-order valence-corrected chi connectivity index (χ0v) is 22.9. The van der Waals surface area contributed by atoms with E-state index in [2.05, 4.69) is 40.8 Å². The van der Waals surface area contributed by atoms with Crippen LogP contribution in [-0.4, -0.2) is 33.1 Å². The Balaban J connectivity index is 0.00000109. The molecule has 1 aromatic heterocycles. The standard InChI is InChI=1S/C26H30N4O2.2C2H6/c1-17(27)18-7-9-19(10-8-18)20-11-13-21(14-12-20)22-16-28-24(29-22)23-6-5-15-30(23)25(31)32-26(2,3)4;2*1-2/h7-14,16,23H,1,5-6,15,27H2,2-4H3,(H,28,29);2*1-2H3. The molecule has 0 aliphatic carbocycles. The lowest BCUT2D eigenvalue weighted by Gasteiger charge is -2.27. The third kappa shape index (κ3) is 7.23. The maximum Gasteiger partial charge on any atom is 0.410 e. The van der Waals surface area contributed by atoms with Crippen molar-refractivity contribution in [1.29, 1.82) is 0 Å². The molecule has 4 rings (SSSR count). The Labute approximate surface area is 216 Å². The second-order valence-corrected chi connectivity index (χ2v) is 9.19. The van der Waals surface area contributed by atoms with Gasteiger partial charge in [0, 0.05) is 12.2 Å². The maximum atomic E-state index is 12.6. The number of hydrogen-bond acceptors (Lipinski definition) is 4. The molecule has 2 aromatic carbocycles. The Morgan fingerprint density at radius 2 is 1.53 bits per heavy atom. The zero-order chi connectivity index (χ0) is 26.9. The number of nitrogens with two attached hydrogens (primary N) is 1. The molecule has 2 heterocycles. The summed E-state index contributed by atoms with van der Waals surface area (Å²) in [6.45, 7) is 18.1. The van der Waals surface area contributed by atoms with E-state index in [-0.39, 0.29) is 12.1 Å². The summed E-state index contributed by atoms with van der Waals surface area (Å²) in [7, 11) is 0. The minimum atomic E-state index is -0.515. The average Bonchev–Trinajstić information content (AvgIpc) is 3.56. The normalized spacial score (nSPS) is 14.8. The first-order chi connectivity index (χ1) is 17.2. The van der Waals surface area contributed by atoms with E-state index in [0.717, 1.165) is 46.6 Å². The summed E-state index contributed by atoms with van der Waals surface area (Å²) in [5, 5.41) is 0. The van der Waals surface area contributed by atoms with Crippen LogP contribution in [0.3, 0.4) is 0 Å². The second kappa shape index (κ2) is 13.0. The van der Waals surface area contributed by atoms with E-state index in [0.29, 0.717) is 12.2 Å². The average molecular weight is 491 g/mol. The molecule has 1 amide bonds. The lowest BCUT2D eigenvalue weighted by molar-refractivity contribution is 0.0218. The van der Waals surface area contributed by atoms with Gasteiger partial charge in [0.1, 0.15) is 11.4 Å². The summed E-state index contributed by atoms with van der Waals surface area (Å²) in [5.41, 5.74) is 10.9. The number of carbonyl (C=O) groups is 1. The third-order valence-electron chi connectivity index (χ3n) is 5.58. The minimum Gasteiger partial charge on any atom is -0.444 e. The topological polar surface area (TPSA) is 84.2 Å². The largest absolute Gasteiger partial charge is 0.444 e. The fourth-order valence-electron chi connectivity index (χ4n) is 3.96. The van der Waals surface area contributed by atoms with Gasteiger partial charge in [-0.15, -0.1) is 0 Å². The Hall–Kier alpha value is -3.54. The van der Waals surface area contributed by atoms with Crippen LogP contribution in [0.2, 0.25) is 0 Å². The van der Waals surface area contributed by atoms with Crippen molar-refractivity contribution in [1.82, 2.24) is 14.9 Å². The monoisotopic (exact) mass is 490 g/mol. The van der Waals surface area contributed by atoms with Crippen LogP contribution < -0.4 is 5.73 Å². The molecule has 1 aliphatic rings. The summed E-state index contributed by atoms with van der Waals surface area (Å²) >= 11 is 0. The first-order valence-corrected chi connectivity index (χ1v) is 12.9. The van der Waals surface area contributed by atoms with Gasteiger partial charge in [0.25, 0.3) is 0 Å². The fourth-order valence-corrected chi connectivity index (χ4v) is 3.96. The van der Waals surface area contributed by atoms with Gasteiger partial charge in [0.15, 0.2) is 0 Å². The molecule has 1 atom stereocenters. The molecule has 0 spiro atoms. The summed E-state index contributed by atoms with van der Waals surface area (Å²) in [6.07, 6.45) is 3.35. The summed E-state index contributed by atoms with van der Waals surface area (Å²) in [4.78, 5) is 22.4. The predicted octanol–water partition coefficient (Wildman–Crippen LogP) is 7.80. The van der Waals surface area contributed by atoms with Crippen LogP contribution in [-0.2, 0) is 4.74 Å². The first kappa shape index (κ1) is 28.7. The molecule has 3 aromatic rings. The van der Waals surface area contributed by atoms with Crippen LogP contribution in [0.4, 0.5) is 4.79 Å². The molecule has 3 N–H and O–H groups in total. The molecule has 6 heteroatoms. The lowest BCUT2D eigenvalue weighted by Crippen LogP contribution is -2.36. The van der Waals surface area contributed by atoms with Crippen molar-refractivity contribution in [3.05, 3.63) is 72.7 Å². The molecule has 194 valence electrons. The van der Waals surface area contributed by atoms with Gasteiger partial charge >= 0.3 is 6.09 Å². The summed E-state index contributed by atoms with van der Waals surface area (Å²) < 4.78 is 5.57. The van der Waals surface area contributed by atoms with Crippen LogP contribution in [0.25, 0.3) is 28.1 Å². The summed E-state index contributed by atoms with van der Waals surface area (Å²) in [5.74, 6) is 0.796. The van der Waals surface area contributed by atoms with Crippen molar-refractivity contribution in [3.8, 4) is 22.4 Å². The van der Waals surface area contributed by atoms with Gasteiger partial charge in [-0.2, -0.15) is 0 Å². The van der Waals surface area contributed by atoms with Crippen molar-refractivity contribution in [2.24, 2.45) is 5.73 Å². The van der Waals surface area contributed by atoms with Gasteiger partial charge in [0.2, 0.25) is 0 Å². The quantitative estimate of drug-likeness (QED) is 0.391. The third-order valence-corrected chi connectivity index (χ3v) is 5.58. The van der Waals surface area contributed by atoms with Crippen LogP contribution >= 0.6 is 0 Å². The highest BCUT2D eigenvalue weighted by Crippen LogP contribution is 2.33. The van der Waals surface area contributed by atoms with Gasteiger partial charge in [-0.05, 0) is 55.9 Å². The van der Waals surface area contributed by atoms with Gasteiger partial charge in [-0.25, -0.2) is 9.78 Å². The van der Waals surface area contributed by atoms with Crippen molar-refractivity contribution in [2.75, 3.05) is 6.54 Å². The van der Waals surface area contributed by atoms with Gasteiger partial charge in [-0.1, -0.05) is 82.8 Å². The van der Waals surface area contributed by atoms with Crippen molar-refractivity contribution in [3.63, 3.8) is 0 Å². The van der Waals surface area contributed by atoms with E-state index in [1.807, 2.05) is 78.9 Å². The predicted molar refractivity (Wildman–Crippen MR) is 150 cm³/mol. The number of benzene rings is 2. The van der Waals surface area contributed by atoms with E-state index >= 15 is 0 Å². The number of H-pyrrole nitrogens is 1. The number of hydrogen-bond donors (Lipinski definition) is 2. The molecule has 36 heavy (non-hydrogen) atoms. The number of nitrogens with one attached hydrogen (secondary N) is 1. The number of imidazole rings is 1. The molecular formula is C30H42N4O2. The molecule has 6 nitrogen and oxygen atoms in total. The Kier molecular flexibility index (Phi) is 10.3. The number of aromatic amines is 1. The van der Waals surface area contributed by atoms with Gasteiger partial charge in [0.05, 0.1) is 17.9 Å². The van der Waals surface area contributed by atoms with Crippen LogP contribution in [0, 0.1) is 0 Å². The lowest BCUT2D eigenvalue weighted by atomic mass is 10.0. The van der Waals surface area contributed by atoms with E-state index in [9.17, 15) is 4.79 Å². The highest BCUT2D eigenvalue weighted by molar-refractivity contribution is 5.71. The highest BCUT2D eigenvalue weighted by atomic mass is 16.6. The maximum absolute atomic E-state index is 12.6. The Bertz CT molecular complexity index is 1110. The van der Waals surface area contributed by atoms with Crippen LogP contribution in [0.15, 0.2) is 61.3 Å². The number of nitrogens with zero attached hydrogens (tertiary/aromatic N) is 2. The number of carbonyl (C=O) groups excluding carboxylic acids is 1. The van der Waals surface area contributed by atoms with E-state index in [1.165, 1.54) is 0 Å². The van der Waals surface area contributed by atoms with E-state index in [1.54, 1.807) is 4.90 Å².